The quantitative estimate of drug-likeness (QED) is 0.465. The summed E-state index contributed by atoms with van der Waals surface area (Å²) in [6, 6.07) is 16.5. The Balaban J connectivity index is 1.59. The Bertz CT molecular complexity index is 1480. The van der Waals surface area contributed by atoms with E-state index in [1.165, 1.54) is 24.3 Å². The van der Waals surface area contributed by atoms with Gasteiger partial charge in [0.25, 0.3) is 0 Å². The molecule has 0 bridgehead atoms. The number of anilines is 2. The Morgan fingerprint density at radius 2 is 1.62 bits per heavy atom. The molecular weight excluding hydrogens is 523 g/mol. The molecule has 2 aliphatic rings. The first-order valence-corrected chi connectivity index (χ1v) is 12.8. The molecule has 5 rings (SSSR count). The fraction of sp³-hybridized carbons (Fsp3) is 0.276. The van der Waals surface area contributed by atoms with E-state index in [4.69, 9.17) is 10.7 Å². The molecule has 0 aliphatic carbocycles. The van der Waals surface area contributed by atoms with E-state index in [0.29, 0.717) is 43.4 Å². The van der Waals surface area contributed by atoms with Gasteiger partial charge in [0, 0.05) is 48.7 Å². The van der Waals surface area contributed by atoms with Crippen LogP contribution in [0, 0.1) is 6.92 Å². The number of aliphatic carboxylic acids is 1. The highest BCUT2D eigenvalue weighted by Crippen LogP contribution is 2.42. The number of carbonyl (C=O) groups is 2. The number of fused-ring (bicyclic) bond motifs is 1. The average molecular weight is 552 g/mol. The molecule has 1 fully saturated rings. The van der Waals surface area contributed by atoms with Crippen molar-refractivity contribution in [1.82, 2.24) is 4.90 Å². The first-order valence-electron chi connectivity index (χ1n) is 12.8. The second kappa shape index (κ2) is 10.6. The summed E-state index contributed by atoms with van der Waals surface area (Å²) < 4.78 is 41.1. The Morgan fingerprint density at radius 3 is 2.27 bits per heavy atom. The Hall–Kier alpha value is -4.54. The first kappa shape index (κ1) is 27.0. The van der Waals surface area contributed by atoms with Gasteiger partial charge in [0.15, 0.2) is 0 Å². The average Bonchev–Trinajstić information content (AvgIpc) is 2.92. The minimum atomic E-state index is -4.60. The normalized spacial score (nSPS) is 17.4. The zero-order chi connectivity index (χ0) is 28.6. The van der Waals surface area contributed by atoms with E-state index in [0.717, 1.165) is 23.4 Å². The summed E-state index contributed by atoms with van der Waals surface area (Å²) >= 11 is 0. The number of carboxylic acid groups (broad SMARTS) is 1. The number of carbonyl (C=O) groups excluding carboxylic acids is 1. The monoisotopic (exact) mass is 551 g/mol. The Morgan fingerprint density at radius 1 is 0.950 bits per heavy atom. The number of nitrogens with two attached hydrogens (primary N) is 1. The summed E-state index contributed by atoms with van der Waals surface area (Å²) in [6.07, 6.45) is -5.03. The van der Waals surface area contributed by atoms with Gasteiger partial charge < -0.3 is 25.5 Å². The third-order valence-electron chi connectivity index (χ3n) is 7.17. The van der Waals surface area contributed by atoms with E-state index < -0.39 is 36.1 Å². The van der Waals surface area contributed by atoms with Crippen LogP contribution in [-0.4, -0.2) is 54.0 Å². The second-order valence-electron chi connectivity index (χ2n) is 9.89. The van der Waals surface area contributed by atoms with Gasteiger partial charge in [-0.1, -0.05) is 18.2 Å². The van der Waals surface area contributed by atoms with Gasteiger partial charge in [-0.3, -0.25) is 9.59 Å². The maximum absolute atomic E-state index is 13.7. The van der Waals surface area contributed by atoms with Crippen molar-refractivity contribution in [3.63, 3.8) is 0 Å². The molecule has 0 aromatic heterocycles. The number of hydrogen-bond donors (Lipinski definition) is 2. The van der Waals surface area contributed by atoms with E-state index in [2.05, 4.69) is 11.0 Å². The predicted molar refractivity (Wildman–Crippen MR) is 146 cm³/mol. The largest absolute Gasteiger partial charge is 0.481 e. The number of amides is 1. The van der Waals surface area contributed by atoms with Crippen LogP contribution < -0.4 is 15.5 Å². The number of nitrogens with zero attached hydrogens (tertiary/aromatic N) is 4. The van der Waals surface area contributed by atoms with Crippen molar-refractivity contribution in [3.05, 3.63) is 89.0 Å². The minimum Gasteiger partial charge on any atom is -0.481 e. The van der Waals surface area contributed by atoms with Crippen molar-refractivity contribution < 1.29 is 27.9 Å². The molecule has 11 heteroatoms. The van der Waals surface area contributed by atoms with Crippen LogP contribution in [0.1, 0.15) is 39.5 Å². The maximum Gasteiger partial charge on any atom is 0.416 e. The van der Waals surface area contributed by atoms with Crippen molar-refractivity contribution in [2.45, 2.75) is 25.6 Å². The number of piperazine rings is 1. The molecular formula is C29H28F3N5O3. The van der Waals surface area contributed by atoms with Gasteiger partial charge in [-0.05, 0) is 61.0 Å². The molecule has 3 N–H and O–H groups in total. The van der Waals surface area contributed by atoms with Crippen molar-refractivity contribution in [2.24, 2.45) is 10.7 Å². The highest BCUT2D eigenvalue weighted by molar-refractivity contribution is 6.02. The number of primary amides is 1. The van der Waals surface area contributed by atoms with Crippen LogP contribution >= 0.6 is 0 Å². The number of benzene rings is 3. The van der Waals surface area contributed by atoms with Crippen molar-refractivity contribution in [3.8, 4) is 0 Å². The molecule has 208 valence electrons. The summed E-state index contributed by atoms with van der Waals surface area (Å²) in [5, 5.41) is 9.84. The van der Waals surface area contributed by atoms with Crippen LogP contribution in [0.2, 0.25) is 0 Å². The van der Waals surface area contributed by atoms with E-state index in [9.17, 15) is 27.9 Å². The lowest BCUT2D eigenvalue weighted by Crippen LogP contribution is -2.55. The van der Waals surface area contributed by atoms with Gasteiger partial charge in [0.2, 0.25) is 11.9 Å². The van der Waals surface area contributed by atoms with E-state index in [1.54, 1.807) is 11.0 Å². The highest BCUT2D eigenvalue weighted by atomic mass is 19.4. The van der Waals surface area contributed by atoms with Crippen LogP contribution in [0.5, 0.6) is 0 Å². The van der Waals surface area contributed by atoms with Gasteiger partial charge >= 0.3 is 12.1 Å². The maximum atomic E-state index is 13.7. The smallest absolute Gasteiger partial charge is 0.416 e. The lowest BCUT2D eigenvalue weighted by Gasteiger charge is -2.45. The molecule has 0 spiro atoms. The van der Waals surface area contributed by atoms with E-state index in [-0.39, 0.29) is 11.3 Å². The minimum absolute atomic E-state index is 0.149. The summed E-state index contributed by atoms with van der Waals surface area (Å²) in [5.41, 5.74) is 7.98. The van der Waals surface area contributed by atoms with Gasteiger partial charge in [0.05, 0.1) is 23.7 Å². The number of aliphatic imine (C=N–C) groups is 1. The molecule has 1 atom stereocenters. The summed E-state index contributed by atoms with van der Waals surface area (Å²) in [6.45, 7) is 4.31. The molecule has 3 aromatic rings. The summed E-state index contributed by atoms with van der Waals surface area (Å²) in [7, 11) is 0. The summed E-state index contributed by atoms with van der Waals surface area (Å²) in [5.74, 6) is -1.50. The topological polar surface area (TPSA) is 102 Å². The fourth-order valence-corrected chi connectivity index (χ4v) is 5.22. The second-order valence-corrected chi connectivity index (χ2v) is 9.89. The number of halogens is 3. The standard InChI is InChI=1S/C29H28F3N5O3/c1-18-4-2-6-21(14-18)35-10-12-36(13-11-35)28-34-24-9-8-19(27(33)40)15-23(24)25(17-26(38)39)37(28)22-7-3-5-20(16-22)29(30,31)32/h2-9,14-16,25H,10-13,17H2,1H3,(H2,33,40)(H,38,39). The van der Waals surface area contributed by atoms with Gasteiger partial charge in [-0.25, -0.2) is 4.99 Å². The molecule has 1 amide bonds. The highest BCUT2D eigenvalue weighted by Gasteiger charge is 2.38. The molecule has 0 radical (unpaired) electrons. The van der Waals surface area contributed by atoms with Crippen LogP contribution in [-0.2, 0) is 11.0 Å². The van der Waals surface area contributed by atoms with Crippen molar-refractivity contribution >= 4 is 34.9 Å². The van der Waals surface area contributed by atoms with Crippen molar-refractivity contribution in [1.29, 1.82) is 0 Å². The van der Waals surface area contributed by atoms with Gasteiger partial charge in [-0.2, -0.15) is 13.2 Å². The van der Waals surface area contributed by atoms with Crippen LogP contribution in [0.15, 0.2) is 71.7 Å². The third kappa shape index (κ3) is 5.45. The molecule has 1 saturated heterocycles. The van der Waals surface area contributed by atoms with Crippen LogP contribution in [0.25, 0.3) is 0 Å². The van der Waals surface area contributed by atoms with Crippen LogP contribution in [0.4, 0.5) is 30.2 Å². The SMILES string of the molecule is Cc1cccc(N2CCN(C3=Nc4ccc(C(N)=O)cc4C(CC(=O)O)N3c3cccc(C(F)(F)F)c3)CC2)c1. The van der Waals surface area contributed by atoms with E-state index in [1.807, 2.05) is 30.0 Å². The zero-order valence-electron chi connectivity index (χ0n) is 21.7. The van der Waals surface area contributed by atoms with Gasteiger partial charge in [0.1, 0.15) is 0 Å². The number of hydrogen-bond acceptors (Lipinski definition) is 6. The first-order chi connectivity index (χ1) is 19.0. The fourth-order valence-electron chi connectivity index (χ4n) is 5.22. The Kier molecular flexibility index (Phi) is 7.14. The summed E-state index contributed by atoms with van der Waals surface area (Å²) in [4.78, 5) is 34.5. The molecule has 2 heterocycles. The van der Waals surface area contributed by atoms with Crippen LogP contribution in [0.3, 0.4) is 0 Å². The number of carboxylic acids is 1. The van der Waals surface area contributed by atoms with Crippen molar-refractivity contribution in [2.75, 3.05) is 36.0 Å². The lowest BCUT2D eigenvalue weighted by atomic mass is 9.95. The predicted octanol–water partition coefficient (Wildman–Crippen LogP) is 4.96. The number of guanidine groups is 1. The molecule has 8 nitrogen and oxygen atoms in total. The molecule has 40 heavy (non-hydrogen) atoms. The number of rotatable bonds is 5. The molecule has 3 aromatic carbocycles. The molecule has 1 unspecified atom stereocenters. The lowest BCUT2D eigenvalue weighted by molar-refractivity contribution is -0.138. The number of aryl methyl sites for hydroxylation is 1. The Labute approximate surface area is 229 Å². The third-order valence-corrected chi connectivity index (χ3v) is 7.17. The number of alkyl halides is 3. The zero-order valence-corrected chi connectivity index (χ0v) is 21.7. The molecule has 0 saturated carbocycles. The molecule has 2 aliphatic heterocycles. The van der Waals surface area contributed by atoms with E-state index >= 15 is 0 Å². The van der Waals surface area contributed by atoms with Gasteiger partial charge in [-0.15, -0.1) is 0 Å².